The highest BCUT2D eigenvalue weighted by atomic mass is 16.7. The fourth-order valence-electron chi connectivity index (χ4n) is 2.85. The van der Waals surface area contributed by atoms with Gasteiger partial charge in [-0.05, 0) is 81.7 Å². The summed E-state index contributed by atoms with van der Waals surface area (Å²) in [7, 11) is -0.698. The SMILES string of the molecule is Cc1c(B2OC(C)(C)C(C)(C)O2)cncc1N(C(=O)OC(C)(C)C)C(=O)OC(C)(C)C. The monoisotopic (exact) mass is 434 g/mol. The minimum absolute atomic E-state index is 0.246. The molecule has 0 atom stereocenters. The first-order chi connectivity index (χ1) is 13.8. The zero-order valence-corrected chi connectivity index (χ0v) is 20.6. The van der Waals surface area contributed by atoms with Crippen molar-refractivity contribution in [1.29, 1.82) is 0 Å². The van der Waals surface area contributed by atoms with Crippen LogP contribution in [-0.4, -0.2) is 46.7 Å². The molecule has 1 aliphatic heterocycles. The van der Waals surface area contributed by atoms with Crippen LogP contribution in [0.1, 0.15) is 74.8 Å². The highest BCUT2D eigenvalue weighted by molar-refractivity contribution is 6.62. The Morgan fingerprint density at radius 1 is 0.903 bits per heavy atom. The van der Waals surface area contributed by atoms with Crippen LogP contribution in [0.4, 0.5) is 15.3 Å². The van der Waals surface area contributed by atoms with Crippen LogP contribution < -0.4 is 10.4 Å². The van der Waals surface area contributed by atoms with Gasteiger partial charge in [-0.25, -0.2) is 9.59 Å². The molecule has 1 aliphatic rings. The number of nitrogens with zero attached hydrogens (tertiary/aromatic N) is 2. The number of aromatic nitrogens is 1. The zero-order chi connectivity index (χ0) is 24.0. The molecule has 2 rings (SSSR count). The average molecular weight is 434 g/mol. The Morgan fingerprint density at radius 2 is 1.32 bits per heavy atom. The molecule has 1 saturated heterocycles. The van der Waals surface area contributed by atoms with Gasteiger partial charge in [0.2, 0.25) is 0 Å². The fourth-order valence-corrected chi connectivity index (χ4v) is 2.85. The summed E-state index contributed by atoms with van der Waals surface area (Å²) < 4.78 is 23.2. The Morgan fingerprint density at radius 3 is 1.71 bits per heavy atom. The lowest BCUT2D eigenvalue weighted by molar-refractivity contribution is 0.00578. The lowest BCUT2D eigenvalue weighted by atomic mass is 9.77. The van der Waals surface area contributed by atoms with E-state index in [-0.39, 0.29) is 5.69 Å². The van der Waals surface area contributed by atoms with E-state index in [1.54, 1.807) is 54.7 Å². The molecule has 0 N–H and O–H groups in total. The van der Waals surface area contributed by atoms with E-state index in [0.29, 0.717) is 11.0 Å². The first-order valence-electron chi connectivity index (χ1n) is 10.4. The molecular weight excluding hydrogens is 399 g/mol. The number of rotatable bonds is 2. The smallest absolute Gasteiger partial charge is 0.443 e. The number of carbonyl (C=O) groups is 2. The highest BCUT2D eigenvalue weighted by Crippen LogP contribution is 2.37. The van der Waals surface area contributed by atoms with E-state index >= 15 is 0 Å². The number of pyridine rings is 1. The molecule has 8 nitrogen and oxygen atoms in total. The van der Waals surface area contributed by atoms with Crippen molar-refractivity contribution in [2.45, 2.75) is 98.6 Å². The minimum atomic E-state index is -0.849. The van der Waals surface area contributed by atoms with E-state index < -0.39 is 41.7 Å². The van der Waals surface area contributed by atoms with E-state index in [4.69, 9.17) is 18.8 Å². The van der Waals surface area contributed by atoms with Crippen molar-refractivity contribution in [2.75, 3.05) is 4.90 Å². The van der Waals surface area contributed by atoms with E-state index in [2.05, 4.69) is 4.98 Å². The van der Waals surface area contributed by atoms with Gasteiger partial charge in [-0.1, -0.05) is 0 Å². The first-order valence-corrected chi connectivity index (χ1v) is 10.4. The van der Waals surface area contributed by atoms with Crippen LogP contribution in [0.5, 0.6) is 0 Å². The van der Waals surface area contributed by atoms with E-state index in [9.17, 15) is 9.59 Å². The number of carbonyl (C=O) groups excluding carboxylic acids is 2. The van der Waals surface area contributed by atoms with Crippen LogP contribution in [0.25, 0.3) is 0 Å². The second-order valence-electron chi connectivity index (χ2n) is 10.8. The van der Waals surface area contributed by atoms with Crippen molar-refractivity contribution in [3.63, 3.8) is 0 Å². The minimum Gasteiger partial charge on any atom is -0.443 e. The number of ether oxygens (including phenoxy) is 2. The maximum atomic E-state index is 13.0. The lowest BCUT2D eigenvalue weighted by Gasteiger charge is -2.32. The Hall–Kier alpha value is -2.13. The second kappa shape index (κ2) is 8.09. The molecule has 31 heavy (non-hydrogen) atoms. The van der Waals surface area contributed by atoms with Crippen LogP contribution in [0.3, 0.4) is 0 Å². The quantitative estimate of drug-likeness (QED) is 0.639. The first kappa shape index (κ1) is 25.1. The van der Waals surface area contributed by atoms with E-state index in [1.165, 1.54) is 6.20 Å². The summed E-state index contributed by atoms with van der Waals surface area (Å²) in [6, 6.07) is 0. The van der Waals surface area contributed by atoms with Crippen molar-refractivity contribution in [2.24, 2.45) is 0 Å². The summed E-state index contributed by atoms with van der Waals surface area (Å²) in [4.78, 5) is 31.1. The molecule has 9 heteroatoms. The van der Waals surface area contributed by atoms with E-state index in [1.807, 2.05) is 27.7 Å². The van der Waals surface area contributed by atoms with Crippen LogP contribution in [0, 0.1) is 6.92 Å². The molecular formula is C22H35BN2O6. The molecule has 0 aliphatic carbocycles. The van der Waals surface area contributed by atoms with Gasteiger partial charge >= 0.3 is 19.3 Å². The third kappa shape index (κ3) is 5.77. The van der Waals surface area contributed by atoms with Crippen molar-refractivity contribution in [3.05, 3.63) is 18.0 Å². The van der Waals surface area contributed by atoms with Gasteiger partial charge in [-0.15, -0.1) is 0 Å². The third-order valence-electron chi connectivity index (χ3n) is 5.13. The van der Waals surface area contributed by atoms with Gasteiger partial charge in [0.15, 0.2) is 0 Å². The molecule has 2 amide bonds. The predicted molar refractivity (Wildman–Crippen MR) is 120 cm³/mol. The molecule has 2 heterocycles. The Labute approximate surface area is 185 Å². The molecule has 172 valence electrons. The molecule has 0 radical (unpaired) electrons. The van der Waals surface area contributed by atoms with Gasteiger partial charge in [0.05, 0.1) is 23.1 Å². The summed E-state index contributed by atoms with van der Waals surface area (Å²) >= 11 is 0. The molecule has 1 aromatic heterocycles. The number of hydrogen-bond donors (Lipinski definition) is 0. The molecule has 0 bridgehead atoms. The predicted octanol–water partition coefficient (Wildman–Crippen LogP) is 4.37. The molecule has 0 spiro atoms. The van der Waals surface area contributed by atoms with Gasteiger partial charge in [-0.2, -0.15) is 4.90 Å². The summed E-state index contributed by atoms with van der Waals surface area (Å²) in [6.07, 6.45) is 1.34. The zero-order valence-electron chi connectivity index (χ0n) is 20.6. The lowest BCUT2D eigenvalue weighted by Crippen LogP contribution is -2.45. The summed E-state index contributed by atoms with van der Waals surface area (Å²) in [5, 5.41) is 0. The third-order valence-corrected chi connectivity index (χ3v) is 5.13. The summed E-state index contributed by atoms with van der Waals surface area (Å²) in [6.45, 7) is 19.9. The van der Waals surface area contributed by atoms with Gasteiger partial charge in [0.25, 0.3) is 0 Å². The highest BCUT2D eigenvalue weighted by Gasteiger charge is 2.52. The van der Waals surface area contributed by atoms with Crippen LogP contribution in [0.2, 0.25) is 0 Å². The molecule has 1 aromatic rings. The van der Waals surface area contributed by atoms with Gasteiger partial charge in [0, 0.05) is 11.7 Å². The Bertz CT molecular complexity index is 811. The topological polar surface area (TPSA) is 87.2 Å². The standard InChI is InChI=1S/C22H35BN2O6/c1-14-15(23-30-21(8,9)22(10,11)31-23)12-24-13-16(14)25(17(26)28-19(2,3)4)18(27)29-20(5,6)7/h12-13H,1-11H3. The maximum Gasteiger partial charge on any atom is 0.496 e. The summed E-state index contributed by atoms with van der Waals surface area (Å²) in [5.74, 6) is 0. The second-order valence-corrected chi connectivity index (χ2v) is 10.8. The Kier molecular flexibility index (Phi) is 6.56. The van der Waals surface area contributed by atoms with Crippen LogP contribution in [0.15, 0.2) is 12.4 Å². The van der Waals surface area contributed by atoms with Crippen molar-refractivity contribution < 1.29 is 28.4 Å². The normalized spacial score (nSPS) is 18.0. The van der Waals surface area contributed by atoms with Crippen molar-refractivity contribution in [3.8, 4) is 0 Å². The van der Waals surface area contributed by atoms with Gasteiger partial charge in [-0.3, -0.25) is 4.98 Å². The molecule has 0 aromatic carbocycles. The molecule has 0 saturated carbocycles. The summed E-state index contributed by atoms with van der Waals surface area (Å²) in [5.41, 5.74) is -1.23. The van der Waals surface area contributed by atoms with Crippen LogP contribution in [-0.2, 0) is 18.8 Å². The van der Waals surface area contributed by atoms with Crippen LogP contribution >= 0.6 is 0 Å². The largest absolute Gasteiger partial charge is 0.496 e. The van der Waals surface area contributed by atoms with Crippen molar-refractivity contribution in [1.82, 2.24) is 4.98 Å². The molecule has 1 fully saturated rings. The number of amides is 2. The Balaban J connectivity index is 2.51. The van der Waals surface area contributed by atoms with E-state index in [0.717, 1.165) is 4.90 Å². The number of imide groups is 1. The van der Waals surface area contributed by atoms with Gasteiger partial charge < -0.3 is 18.8 Å². The maximum absolute atomic E-state index is 13.0. The molecule has 0 unspecified atom stereocenters. The van der Waals surface area contributed by atoms with Gasteiger partial charge in [0.1, 0.15) is 11.2 Å². The average Bonchev–Trinajstić information content (AvgIpc) is 2.73. The number of hydrogen-bond acceptors (Lipinski definition) is 7. The fraction of sp³-hybridized carbons (Fsp3) is 0.682. The van der Waals surface area contributed by atoms with Crippen molar-refractivity contribution >= 4 is 30.5 Å². The number of anilines is 1.